The Morgan fingerprint density at radius 1 is 1.03 bits per heavy atom. The molecule has 0 spiro atoms. The normalized spacial score (nSPS) is 12.4. The Hall–Kier alpha value is -3.32. The molecule has 176 valence electrons. The molecule has 3 aromatic rings. The van der Waals surface area contributed by atoms with Crippen molar-refractivity contribution >= 4 is 22.9 Å². The quantitative estimate of drug-likeness (QED) is 0.461. The summed E-state index contributed by atoms with van der Waals surface area (Å²) in [5.74, 6) is -0.441. The van der Waals surface area contributed by atoms with Crippen molar-refractivity contribution in [2.45, 2.75) is 65.3 Å². The predicted octanol–water partition coefficient (Wildman–Crippen LogP) is 4.74. The zero-order valence-corrected chi connectivity index (χ0v) is 19.8. The fraction of sp³-hybridized carbons (Fsp3) is 0.385. The Morgan fingerprint density at radius 3 is 2.42 bits per heavy atom. The largest absolute Gasteiger partial charge is 0.444 e. The average molecular weight is 452 g/mol. The maximum absolute atomic E-state index is 13.0. The number of carbonyl (C=O) groups is 2. The molecule has 0 fully saturated rings. The van der Waals surface area contributed by atoms with E-state index in [-0.39, 0.29) is 6.61 Å². The minimum atomic E-state index is -0.864. The van der Waals surface area contributed by atoms with Gasteiger partial charge < -0.3 is 14.6 Å². The number of amides is 2. The molecule has 0 bridgehead atoms. The van der Waals surface area contributed by atoms with Crippen LogP contribution in [0.2, 0.25) is 0 Å². The van der Waals surface area contributed by atoms with E-state index in [0.29, 0.717) is 6.42 Å². The lowest BCUT2D eigenvalue weighted by Gasteiger charge is -2.23. The Bertz CT molecular complexity index is 1070. The molecule has 2 aromatic carbocycles. The molecule has 0 aliphatic rings. The van der Waals surface area contributed by atoms with Crippen LogP contribution in [0.3, 0.4) is 0 Å². The number of nitrogens with zero attached hydrogens (tertiary/aromatic N) is 1. The van der Waals surface area contributed by atoms with Gasteiger partial charge in [0.15, 0.2) is 0 Å². The van der Waals surface area contributed by atoms with Gasteiger partial charge in [0.1, 0.15) is 11.6 Å². The number of rotatable bonds is 9. The number of benzene rings is 2. The van der Waals surface area contributed by atoms with E-state index in [9.17, 15) is 9.59 Å². The van der Waals surface area contributed by atoms with Crippen LogP contribution in [-0.2, 0) is 33.9 Å². The van der Waals surface area contributed by atoms with Crippen LogP contribution in [0.1, 0.15) is 45.2 Å². The lowest BCUT2D eigenvalue weighted by Crippen LogP contribution is -2.49. The van der Waals surface area contributed by atoms with Gasteiger partial charge in [-0.15, -0.1) is 0 Å². The highest BCUT2D eigenvalue weighted by molar-refractivity contribution is 5.88. The molecule has 0 saturated carbocycles. The van der Waals surface area contributed by atoms with Crippen molar-refractivity contribution in [3.8, 4) is 0 Å². The number of hydroxylamine groups is 1. The molecule has 0 aliphatic carbocycles. The zero-order chi connectivity index (χ0) is 23.8. The number of ether oxygens (including phenoxy) is 1. The van der Waals surface area contributed by atoms with E-state index in [4.69, 9.17) is 9.57 Å². The van der Waals surface area contributed by atoms with E-state index < -0.39 is 23.6 Å². The predicted molar refractivity (Wildman–Crippen MR) is 128 cm³/mol. The summed E-state index contributed by atoms with van der Waals surface area (Å²) in [4.78, 5) is 30.9. The summed E-state index contributed by atoms with van der Waals surface area (Å²) in [6.07, 6.45) is 2.70. The monoisotopic (exact) mass is 451 g/mol. The summed E-state index contributed by atoms with van der Waals surface area (Å²) >= 11 is 0. The second-order valence-corrected chi connectivity index (χ2v) is 9.01. The highest BCUT2D eigenvalue weighted by Gasteiger charge is 2.26. The molecular formula is C26H33N3O4. The number of carbonyl (C=O) groups excluding carboxylic acids is 2. The van der Waals surface area contributed by atoms with Crippen LogP contribution >= 0.6 is 0 Å². The minimum Gasteiger partial charge on any atom is -0.444 e. The van der Waals surface area contributed by atoms with Crippen LogP contribution in [0.5, 0.6) is 0 Å². The first-order valence-corrected chi connectivity index (χ1v) is 11.3. The van der Waals surface area contributed by atoms with Crippen LogP contribution in [0.4, 0.5) is 4.79 Å². The van der Waals surface area contributed by atoms with Crippen molar-refractivity contribution in [3.63, 3.8) is 0 Å². The smallest absolute Gasteiger partial charge is 0.408 e. The average Bonchev–Trinajstić information content (AvgIpc) is 3.10. The first-order valence-electron chi connectivity index (χ1n) is 11.3. The topological polar surface area (TPSA) is 81.6 Å². The number of fused-ring (bicyclic) bond motifs is 1. The number of aryl methyl sites for hydroxylation is 1. The Morgan fingerprint density at radius 2 is 1.73 bits per heavy atom. The van der Waals surface area contributed by atoms with Crippen LogP contribution in [0.25, 0.3) is 10.9 Å². The molecule has 1 aromatic heterocycles. The second-order valence-electron chi connectivity index (χ2n) is 9.01. The lowest BCUT2D eigenvalue weighted by molar-refractivity contribution is -0.136. The Labute approximate surface area is 195 Å². The molecule has 7 nitrogen and oxygen atoms in total. The van der Waals surface area contributed by atoms with Gasteiger partial charge in [-0.1, -0.05) is 55.5 Å². The van der Waals surface area contributed by atoms with Crippen LogP contribution in [-0.4, -0.2) is 28.2 Å². The number of hydrogen-bond acceptors (Lipinski definition) is 4. The molecule has 1 atom stereocenters. The van der Waals surface area contributed by atoms with Crippen LogP contribution < -0.4 is 10.8 Å². The van der Waals surface area contributed by atoms with Crippen LogP contribution in [0, 0.1) is 0 Å². The molecule has 7 heteroatoms. The van der Waals surface area contributed by atoms with E-state index in [1.54, 1.807) is 20.8 Å². The van der Waals surface area contributed by atoms with Gasteiger partial charge in [0.2, 0.25) is 0 Å². The number of nitrogens with one attached hydrogen (secondary N) is 2. The number of para-hydroxylation sites is 1. The van der Waals surface area contributed by atoms with Gasteiger partial charge >= 0.3 is 6.09 Å². The van der Waals surface area contributed by atoms with Crippen molar-refractivity contribution in [3.05, 3.63) is 71.9 Å². The van der Waals surface area contributed by atoms with E-state index >= 15 is 0 Å². The molecule has 0 saturated heterocycles. The summed E-state index contributed by atoms with van der Waals surface area (Å²) in [5, 5.41) is 3.77. The number of hydrogen-bond donors (Lipinski definition) is 2. The molecule has 0 unspecified atom stereocenters. The second kappa shape index (κ2) is 11.0. The maximum Gasteiger partial charge on any atom is 0.408 e. The third kappa shape index (κ3) is 7.08. The minimum absolute atomic E-state index is 0.224. The third-order valence-corrected chi connectivity index (χ3v) is 5.02. The summed E-state index contributed by atoms with van der Waals surface area (Å²) in [6.45, 7) is 8.56. The molecule has 2 amide bonds. The van der Waals surface area contributed by atoms with Crippen molar-refractivity contribution < 1.29 is 19.2 Å². The van der Waals surface area contributed by atoms with Gasteiger partial charge in [-0.25, -0.2) is 10.3 Å². The summed E-state index contributed by atoms with van der Waals surface area (Å²) in [5.41, 5.74) is 4.81. The Kier molecular flexibility index (Phi) is 8.11. The third-order valence-electron chi connectivity index (χ3n) is 5.02. The van der Waals surface area contributed by atoms with E-state index in [1.165, 1.54) is 0 Å². The van der Waals surface area contributed by atoms with Gasteiger partial charge in [-0.2, -0.15) is 0 Å². The molecule has 2 N–H and O–H groups in total. The highest BCUT2D eigenvalue weighted by Crippen LogP contribution is 2.23. The van der Waals surface area contributed by atoms with Crippen molar-refractivity contribution in [2.24, 2.45) is 0 Å². The first-order chi connectivity index (χ1) is 15.8. The van der Waals surface area contributed by atoms with Crippen LogP contribution in [0.15, 0.2) is 60.8 Å². The summed E-state index contributed by atoms with van der Waals surface area (Å²) < 4.78 is 7.56. The SMILES string of the molecule is CCCn1cc(C[C@@H](NC(=O)OC(C)(C)C)C(=O)NOCc2ccccc2)c2ccccc21. The summed E-state index contributed by atoms with van der Waals surface area (Å²) in [7, 11) is 0. The molecule has 0 radical (unpaired) electrons. The number of aromatic nitrogens is 1. The Balaban J connectivity index is 1.77. The van der Waals surface area contributed by atoms with E-state index in [2.05, 4.69) is 34.6 Å². The molecule has 0 aliphatic heterocycles. The van der Waals surface area contributed by atoms with Crippen molar-refractivity contribution in [2.75, 3.05) is 0 Å². The maximum atomic E-state index is 13.0. The number of alkyl carbamates (subject to hydrolysis) is 1. The lowest BCUT2D eigenvalue weighted by atomic mass is 10.0. The molecule has 1 heterocycles. The van der Waals surface area contributed by atoms with Gasteiger partial charge in [0.25, 0.3) is 5.91 Å². The van der Waals surface area contributed by atoms with Gasteiger partial charge in [0.05, 0.1) is 6.61 Å². The zero-order valence-electron chi connectivity index (χ0n) is 19.8. The highest BCUT2D eigenvalue weighted by atomic mass is 16.7. The van der Waals surface area contributed by atoms with Gasteiger partial charge in [-0.05, 0) is 44.4 Å². The standard InChI is InChI=1S/C26H33N3O4/c1-5-15-29-17-20(21-13-9-10-14-23(21)29)16-22(27-25(31)33-26(2,3)4)24(30)28-32-18-19-11-7-6-8-12-19/h6-14,17,22H,5,15-16,18H2,1-4H3,(H,27,31)(H,28,30)/t22-/m1/s1. The molecule has 3 rings (SSSR count). The fourth-order valence-electron chi connectivity index (χ4n) is 3.63. The molecule has 33 heavy (non-hydrogen) atoms. The summed E-state index contributed by atoms with van der Waals surface area (Å²) in [6, 6.07) is 16.7. The van der Waals surface area contributed by atoms with E-state index in [1.807, 2.05) is 48.5 Å². The van der Waals surface area contributed by atoms with Gasteiger partial charge in [0, 0.05) is 30.1 Å². The van der Waals surface area contributed by atoms with E-state index in [0.717, 1.165) is 35.0 Å². The van der Waals surface area contributed by atoms with Gasteiger partial charge in [-0.3, -0.25) is 9.63 Å². The first kappa shape index (κ1) is 24.3. The van der Waals surface area contributed by atoms with Crippen molar-refractivity contribution in [1.82, 2.24) is 15.4 Å². The molecular weight excluding hydrogens is 418 g/mol. The van der Waals surface area contributed by atoms with Crippen molar-refractivity contribution in [1.29, 1.82) is 0 Å². The fourth-order valence-corrected chi connectivity index (χ4v) is 3.63.